The Kier molecular flexibility index (Phi) is 9.25. The van der Waals surface area contributed by atoms with E-state index in [9.17, 15) is 0 Å². The molecule has 0 saturated carbocycles. The summed E-state index contributed by atoms with van der Waals surface area (Å²) in [5.41, 5.74) is 16.2. The summed E-state index contributed by atoms with van der Waals surface area (Å²) in [6.07, 6.45) is 0. The van der Waals surface area contributed by atoms with Gasteiger partial charge in [0, 0.05) is 43.1 Å². The second kappa shape index (κ2) is 14.5. The van der Waals surface area contributed by atoms with E-state index in [0.29, 0.717) is 0 Å². The van der Waals surface area contributed by atoms with Gasteiger partial charge in [-0.15, -0.1) is 0 Å². The predicted molar refractivity (Wildman–Crippen MR) is 238 cm³/mol. The zero-order chi connectivity index (χ0) is 37.5. The molecule has 8 aromatic carbocycles. The fourth-order valence-corrected chi connectivity index (χ4v) is 8.74. The molecule has 0 unspecified atom stereocenters. The number of aryl methyl sites for hydroxylation is 2. The Morgan fingerprint density at radius 3 is 0.927 bits per heavy atom. The summed E-state index contributed by atoms with van der Waals surface area (Å²) in [5, 5.41) is 0. The Morgan fingerprint density at radius 2 is 0.600 bits per heavy atom. The van der Waals surface area contributed by atoms with Crippen molar-refractivity contribution in [3.05, 3.63) is 236 Å². The highest BCUT2D eigenvalue weighted by molar-refractivity contribution is 9.10. The second-order valence-electron chi connectivity index (χ2n) is 14.2. The lowest BCUT2D eigenvalue weighted by Crippen LogP contribution is -2.28. The minimum absolute atomic E-state index is 0.525. The van der Waals surface area contributed by atoms with Crippen molar-refractivity contribution in [2.45, 2.75) is 19.3 Å². The molecular weight excluding hydrogens is 800 g/mol. The Labute approximate surface area is 340 Å². The molecule has 2 nitrogen and oxygen atoms in total. The molecule has 1 aliphatic carbocycles. The molecule has 9 rings (SSSR count). The van der Waals surface area contributed by atoms with Crippen LogP contribution >= 0.6 is 31.9 Å². The zero-order valence-corrected chi connectivity index (χ0v) is 33.8. The summed E-state index contributed by atoms with van der Waals surface area (Å²) in [4.78, 5) is 4.66. The van der Waals surface area contributed by atoms with Gasteiger partial charge in [0.25, 0.3) is 0 Å². The van der Waals surface area contributed by atoms with E-state index in [1.807, 2.05) is 0 Å². The number of fused-ring (bicyclic) bond motifs is 3. The molecule has 0 saturated heterocycles. The van der Waals surface area contributed by atoms with Gasteiger partial charge in [-0.3, -0.25) is 0 Å². The molecule has 4 heteroatoms. The van der Waals surface area contributed by atoms with Crippen molar-refractivity contribution in [3.63, 3.8) is 0 Å². The standard InChI is InChI=1S/C51H38Br2N2/c1-35-11-23-41(24-12-35)54(45-31-19-39(52)20-32-45)43-27-15-37(16-28-43)51(49-9-5-3-7-47(49)48-8-4-6-10-50(48)51)38-17-29-44(30-18-38)55(42-25-13-36(2)14-26-42)46-33-21-40(53)22-34-46/h3-34H,1-2H3. The van der Waals surface area contributed by atoms with Crippen LogP contribution in [0.3, 0.4) is 0 Å². The van der Waals surface area contributed by atoms with Gasteiger partial charge in [0.1, 0.15) is 0 Å². The second-order valence-corrected chi connectivity index (χ2v) is 16.1. The Bertz CT molecular complexity index is 2320. The molecule has 0 amide bonds. The van der Waals surface area contributed by atoms with E-state index in [4.69, 9.17) is 0 Å². The van der Waals surface area contributed by atoms with Crippen molar-refractivity contribution in [3.8, 4) is 11.1 Å². The van der Waals surface area contributed by atoms with Gasteiger partial charge in [0.2, 0.25) is 0 Å². The van der Waals surface area contributed by atoms with Crippen LogP contribution < -0.4 is 9.80 Å². The topological polar surface area (TPSA) is 6.48 Å². The third-order valence-electron chi connectivity index (χ3n) is 10.8. The Hall–Kier alpha value is -5.68. The van der Waals surface area contributed by atoms with E-state index in [0.717, 1.165) is 43.1 Å². The minimum atomic E-state index is -0.525. The van der Waals surface area contributed by atoms with E-state index in [1.165, 1.54) is 44.5 Å². The van der Waals surface area contributed by atoms with Crippen LogP contribution in [0.15, 0.2) is 203 Å². The number of halogens is 2. The maximum absolute atomic E-state index is 3.64. The molecule has 1 aliphatic rings. The van der Waals surface area contributed by atoms with Crippen molar-refractivity contribution in [2.24, 2.45) is 0 Å². The van der Waals surface area contributed by atoms with Crippen LogP contribution in [-0.2, 0) is 5.41 Å². The van der Waals surface area contributed by atoms with E-state index in [1.54, 1.807) is 0 Å². The quantitative estimate of drug-likeness (QED) is 0.150. The molecule has 0 aromatic heterocycles. The summed E-state index contributed by atoms with van der Waals surface area (Å²) >= 11 is 7.27. The summed E-state index contributed by atoms with van der Waals surface area (Å²) in [6.45, 7) is 4.26. The first-order valence-electron chi connectivity index (χ1n) is 18.6. The van der Waals surface area contributed by atoms with Crippen LogP contribution in [0.1, 0.15) is 33.4 Å². The highest BCUT2D eigenvalue weighted by Crippen LogP contribution is 2.56. The molecule has 8 aromatic rings. The molecule has 0 N–H and O–H groups in total. The molecule has 266 valence electrons. The summed E-state index contributed by atoms with van der Waals surface area (Å²) in [5.74, 6) is 0. The van der Waals surface area contributed by atoms with Crippen molar-refractivity contribution in [1.29, 1.82) is 0 Å². The molecule has 0 heterocycles. The smallest absolute Gasteiger partial charge is 0.0713 e. The Morgan fingerprint density at radius 1 is 0.327 bits per heavy atom. The lowest BCUT2D eigenvalue weighted by molar-refractivity contribution is 0.768. The Balaban J connectivity index is 1.21. The van der Waals surface area contributed by atoms with Gasteiger partial charge in [0.05, 0.1) is 5.41 Å². The fraction of sp³-hybridized carbons (Fsp3) is 0.0588. The van der Waals surface area contributed by atoms with E-state index in [2.05, 4.69) is 250 Å². The van der Waals surface area contributed by atoms with Crippen molar-refractivity contribution >= 4 is 66.0 Å². The van der Waals surface area contributed by atoms with Gasteiger partial charge in [-0.1, -0.05) is 140 Å². The largest absolute Gasteiger partial charge is 0.311 e. The third kappa shape index (κ3) is 6.30. The third-order valence-corrected chi connectivity index (χ3v) is 11.9. The lowest BCUT2D eigenvalue weighted by Gasteiger charge is -2.35. The molecule has 0 bridgehead atoms. The number of benzene rings is 8. The van der Waals surface area contributed by atoms with Gasteiger partial charge in [-0.2, -0.15) is 0 Å². The van der Waals surface area contributed by atoms with Crippen LogP contribution in [-0.4, -0.2) is 0 Å². The average molecular weight is 839 g/mol. The van der Waals surface area contributed by atoms with Crippen LogP contribution in [0.25, 0.3) is 11.1 Å². The number of anilines is 6. The SMILES string of the molecule is Cc1ccc(N(c2ccc(Br)cc2)c2ccc(C3(c4ccc(N(c5ccc(C)cc5)c5ccc(Br)cc5)cc4)c4ccccc4-c4ccccc43)cc2)cc1. The molecular formula is C51H38Br2N2. The molecule has 55 heavy (non-hydrogen) atoms. The number of nitrogens with zero attached hydrogens (tertiary/aromatic N) is 2. The maximum atomic E-state index is 3.64. The molecule has 0 aliphatic heterocycles. The fourth-order valence-electron chi connectivity index (χ4n) is 8.21. The van der Waals surface area contributed by atoms with Crippen LogP contribution in [0.5, 0.6) is 0 Å². The first-order valence-corrected chi connectivity index (χ1v) is 20.1. The average Bonchev–Trinajstić information content (AvgIpc) is 3.52. The highest BCUT2D eigenvalue weighted by Gasteiger charge is 2.46. The van der Waals surface area contributed by atoms with Gasteiger partial charge >= 0.3 is 0 Å². The van der Waals surface area contributed by atoms with E-state index >= 15 is 0 Å². The first-order chi connectivity index (χ1) is 26.9. The van der Waals surface area contributed by atoms with Crippen molar-refractivity contribution in [2.75, 3.05) is 9.80 Å². The van der Waals surface area contributed by atoms with Crippen molar-refractivity contribution < 1.29 is 0 Å². The van der Waals surface area contributed by atoms with Gasteiger partial charge in [0.15, 0.2) is 0 Å². The van der Waals surface area contributed by atoms with Gasteiger partial charge < -0.3 is 9.80 Å². The highest BCUT2D eigenvalue weighted by atomic mass is 79.9. The predicted octanol–water partition coefficient (Wildman–Crippen LogP) is 15.1. The molecule has 0 radical (unpaired) electrons. The van der Waals surface area contributed by atoms with E-state index < -0.39 is 5.41 Å². The monoisotopic (exact) mass is 836 g/mol. The lowest BCUT2D eigenvalue weighted by atomic mass is 9.67. The van der Waals surface area contributed by atoms with E-state index in [-0.39, 0.29) is 0 Å². The maximum Gasteiger partial charge on any atom is 0.0713 e. The molecule has 0 fully saturated rings. The molecule has 0 atom stereocenters. The van der Waals surface area contributed by atoms with Crippen molar-refractivity contribution in [1.82, 2.24) is 0 Å². The summed E-state index contributed by atoms with van der Waals surface area (Å²) in [6, 6.07) is 70.9. The number of hydrogen-bond acceptors (Lipinski definition) is 2. The first kappa shape index (κ1) is 35.0. The van der Waals surface area contributed by atoms with Crippen LogP contribution in [0, 0.1) is 13.8 Å². The zero-order valence-electron chi connectivity index (χ0n) is 30.6. The van der Waals surface area contributed by atoms with Crippen LogP contribution in [0.4, 0.5) is 34.1 Å². The number of hydrogen-bond donors (Lipinski definition) is 0. The summed E-state index contributed by atoms with van der Waals surface area (Å²) in [7, 11) is 0. The van der Waals surface area contributed by atoms with Gasteiger partial charge in [-0.05, 0) is 144 Å². The normalized spacial score (nSPS) is 12.5. The number of rotatable bonds is 8. The molecule has 0 spiro atoms. The van der Waals surface area contributed by atoms with Gasteiger partial charge in [-0.25, -0.2) is 0 Å². The summed E-state index contributed by atoms with van der Waals surface area (Å²) < 4.78 is 2.11. The minimum Gasteiger partial charge on any atom is -0.311 e. The van der Waals surface area contributed by atoms with Crippen LogP contribution in [0.2, 0.25) is 0 Å².